The van der Waals surface area contributed by atoms with Crippen molar-refractivity contribution in [3.63, 3.8) is 0 Å². The Bertz CT molecular complexity index is 1060. The molecule has 0 saturated carbocycles. The minimum Gasteiger partial charge on any atom is -0.337 e. The summed E-state index contributed by atoms with van der Waals surface area (Å²) in [4.78, 5) is 55.0. The van der Waals surface area contributed by atoms with E-state index in [1.807, 2.05) is 4.90 Å². The standard InChI is InChI=1S/C24H24N4O4/c29-21(26-12-3-4-18(15-26)27-13-11-25-24(27)32)17-9-7-16(8-10-17)14-28-22(30)19-5-1-2-6-20(19)23(28)31/h1-2,5-10,18H,3-4,11-15H2,(H,25,32)/t18-/m1/s1. The number of rotatable bonds is 4. The third-order valence-electron chi connectivity index (χ3n) is 6.43. The SMILES string of the molecule is O=C(c1ccc(CN2C(=O)c3ccccc3C2=O)cc1)N1CCC[C@@H](N2CCNC2=O)C1. The summed E-state index contributed by atoms with van der Waals surface area (Å²) in [5.74, 6) is -0.659. The van der Waals surface area contributed by atoms with Gasteiger partial charge in [-0.05, 0) is 42.7 Å². The second kappa shape index (κ2) is 8.11. The topological polar surface area (TPSA) is 90.0 Å². The van der Waals surface area contributed by atoms with Gasteiger partial charge in [0.05, 0.1) is 23.7 Å². The van der Waals surface area contributed by atoms with E-state index in [2.05, 4.69) is 5.32 Å². The first-order valence-corrected chi connectivity index (χ1v) is 10.9. The molecule has 0 unspecified atom stereocenters. The van der Waals surface area contributed by atoms with Gasteiger partial charge in [0.25, 0.3) is 17.7 Å². The molecule has 2 aromatic rings. The lowest BCUT2D eigenvalue weighted by molar-refractivity contribution is 0.0627. The number of piperidine rings is 1. The highest BCUT2D eigenvalue weighted by Crippen LogP contribution is 2.25. The first-order chi connectivity index (χ1) is 15.5. The average Bonchev–Trinajstić information content (AvgIpc) is 3.36. The summed E-state index contributed by atoms with van der Waals surface area (Å²) >= 11 is 0. The van der Waals surface area contributed by atoms with Crippen LogP contribution in [0.25, 0.3) is 0 Å². The molecule has 8 heteroatoms. The van der Waals surface area contributed by atoms with Gasteiger partial charge in [-0.2, -0.15) is 0 Å². The fourth-order valence-electron chi connectivity index (χ4n) is 4.73. The highest BCUT2D eigenvalue weighted by Gasteiger charge is 2.35. The molecule has 32 heavy (non-hydrogen) atoms. The van der Waals surface area contributed by atoms with Gasteiger partial charge < -0.3 is 15.1 Å². The lowest BCUT2D eigenvalue weighted by atomic mass is 10.0. The average molecular weight is 432 g/mol. The summed E-state index contributed by atoms with van der Waals surface area (Å²) < 4.78 is 0. The molecule has 1 N–H and O–H groups in total. The highest BCUT2D eigenvalue weighted by atomic mass is 16.2. The van der Waals surface area contributed by atoms with Crippen LogP contribution in [0, 0.1) is 0 Å². The molecule has 2 fully saturated rings. The molecule has 0 aromatic heterocycles. The van der Waals surface area contributed by atoms with Crippen molar-refractivity contribution >= 4 is 23.8 Å². The van der Waals surface area contributed by atoms with Gasteiger partial charge in [-0.25, -0.2) is 4.79 Å². The molecule has 8 nitrogen and oxygen atoms in total. The van der Waals surface area contributed by atoms with Crippen LogP contribution in [0.15, 0.2) is 48.5 Å². The Balaban J connectivity index is 1.25. The molecular formula is C24H24N4O4. The molecule has 5 amide bonds. The van der Waals surface area contributed by atoms with E-state index in [0.717, 1.165) is 18.4 Å². The van der Waals surface area contributed by atoms with Gasteiger partial charge in [-0.15, -0.1) is 0 Å². The van der Waals surface area contributed by atoms with Gasteiger partial charge in [0.15, 0.2) is 0 Å². The number of carbonyl (C=O) groups is 4. The van der Waals surface area contributed by atoms with Crippen LogP contribution >= 0.6 is 0 Å². The molecular weight excluding hydrogens is 408 g/mol. The number of fused-ring (bicyclic) bond motifs is 1. The molecule has 5 rings (SSSR count). The van der Waals surface area contributed by atoms with E-state index in [4.69, 9.17) is 0 Å². The Morgan fingerprint density at radius 1 is 0.938 bits per heavy atom. The summed E-state index contributed by atoms with van der Waals surface area (Å²) in [7, 11) is 0. The number of nitrogens with one attached hydrogen (secondary N) is 1. The van der Waals surface area contributed by atoms with E-state index in [0.29, 0.717) is 42.9 Å². The van der Waals surface area contributed by atoms with Crippen molar-refractivity contribution in [2.75, 3.05) is 26.2 Å². The quantitative estimate of drug-likeness (QED) is 0.750. The van der Waals surface area contributed by atoms with Crippen molar-refractivity contribution in [2.24, 2.45) is 0 Å². The monoisotopic (exact) mass is 432 g/mol. The fraction of sp³-hybridized carbons (Fsp3) is 0.333. The number of benzene rings is 2. The molecule has 2 aromatic carbocycles. The zero-order valence-electron chi connectivity index (χ0n) is 17.6. The second-order valence-corrected chi connectivity index (χ2v) is 8.41. The zero-order valence-corrected chi connectivity index (χ0v) is 17.6. The Hall–Kier alpha value is -3.68. The summed E-state index contributed by atoms with van der Waals surface area (Å²) in [6, 6.07) is 13.8. The molecule has 0 bridgehead atoms. The van der Waals surface area contributed by atoms with Crippen LogP contribution in [0.4, 0.5) is 4.79 Å². The lowest BCUT2D eigenvalue weighted by Crippen LogP contribution is -2.50. The number of hydrogen-bond acceptors (Lipinski definition) is 4. The van der Waals surface area contributed by atoms with Gasteiger partial charge in [-0.1, -0.05) is 24.3 Å². The summed E-state index contributed by atoms with van der Waals surface area (Å²) in [5, 5.41) is 2.82. The maximum atomic E-state index is 13.0. The van der Waals surface area contributed by atoms with E-state index in [1.165, 1.54) is 4.90 Å². The molecule has 0 aliphatic carbocycles. The molecule has 3 aliphatic heterocycles. The van der Waals surface area contributed by atoms with Crippen molar-refractivity contribution in [1.29, 1.82) is 0 Å². The van der Waals surface area contributed by atoms with Gasteiger partial charge in [-0.3, -0.25) is 19.3 Å². The van der Waals surface area contributed by atoms with Crippen LogP contribution < -0.4 is 5.32 Å². The number of carbonyl (C=O) groups excluding carboxylic acids is 4. The van der Waals surface area contributed by atoms with E-state index in [1.54, 1.807) is 53.4 Å². The lowest BCUT2D eigenvalue weighted by Gasteiger charge is -2.37. The van der Waals surface area contributed by atoms with Crippen LogP contribution in [-0.2, 0) is 6.54 Å². The predicted molar refractivity (Wildman–Crippen MR) is 116 cm³/mol. The maximum absolute atomic E-state index is 13.0. The Kier molecular flexibility index (Phi) is 5.13. The zero-order chi connectivity index (χ0) is 22.2. The van der Waals surface area contributed by atoms with E-state index < -0.39 is 0 Å². The summed E-state index contributed by atoms with van der Waals surface area (Å²) in [6.07, 6.45) is 1.76. The van der Waals surface area contributed by atoms with Crippen LogP contribution in [0.1, 0.15) is 49.5 Å². The van der Waals surface area contributed by atoms with E-state index in [-0.39, 0.29) is 36.3 Å². The first kappa shape index (κ1) is 20.2. The van der Waals surface area contributed by atoms with Crippen LogP contribution in [0.5, 0.6) is 0 Å². The smallest absolute Gasteiger partial charge is 0.317 e. The Morgan fingerprint density at radius 2 is 1.62 bits per heavy atom. The molecule has 1 atom stereocenters. The van der Waals surface area contributed by atoms with Crippen LogP contribution in [0.3, 0.4) is 0 Å². The molecule has 0 spiro atoms. The third-order valence-corrected chi connectivity index (χ3v) is 6.43. The number of amides is 5. The minimum atomic E-state index is -0.295. The third kappa shape index (κ3) is 3.51. The first-order valence-electron chi connectivity index (χ1n) is 10.9. The van der Waals surface area contributed by atoms with Crippen molar-refractivity contribution in [3.05, 3.63) is 70.8 Å². The fourth-order valence-corrected chi connectivity index (χ4v) is 4.73. The maximum Gasteiger partial charge on any atom is 0.317 e. The van der Waals surface area contributed by atoms with Gasteiger partial charge in [0.1, 0.15) is 0 Å². The molecule has 164 valence electrons. The van der Waals surface area contributed by atoms with Crippen LogP contribution in [-0.4, -0.2) is 70.7 Å². The van der Waals surface area contributed by atoms with Crippen molar-refractivity contribution in [2.45, 2.75) is 25.4 Å². The second-order valence-electron chi connectivity index (χ2n) is 8.41. The number of urea groups is 1. The largest absolute Gasteiger partial charge is 0.337 e. The normalized spacial score (nSPS) is 20.6. The minimum absolute atomic E-state index is 0.0447. The molecule has 3 aliphatic rings. The van der Waals surface area contributed by atoms with Gasteiger partial charge in [0, 0.05) is 31.7 Å². The number of imide groups is 1. The van der Waals surface area contributed by atoms with Crippen LogP contribution in [0.2, 0.25) is 0 Å². The number of likely N-dealkylation sites (tertiary alicyclic amines) is 1. The number of nitrogens with zero attached hydrogens (tertiary/aromatic N) is 3. The van der Waals surface area contributed by atoms with Gasteiger partial charge >= 0.3 is 6.03 Å². The predicted octanol–water partition coefficient (Wildman–Crippen LogP) is 2.11. The van der Waals surface area contributed by atoms with E-state index in [9.17, 15) is 19.2 Å². The molecule has 3 heterocycles. The van der Waals surface area contributed by atoms with Crippen molar-refractivity contribution < 1.29 is 19.2 Å². The Labute approximate surface area is 185 Å². The number of hydrogen-bond donors (Lipinski definition) is 1. The molecule has 2 saturated heterocycles. The van der Waals surface area contributed by atoms with Crippen molar-refractivity contribution in [3.8, 4) is 0 Å². The van der Waals surface area contributed by atoms with E-state index >= 15 is 0 Å². The highest BCUT2D eigenvalue weighted by molar-refractivity contribution is 6.21. The molecule has 0 radical (unpaired) electrons. The van der Waals surface area contributed by atoms with Gasteiger partial charge in [0.2, 0.25) is 0 Å². The van der Waals surface area contributed by atoms with Crippen molar-refractivity contribution in [1.82, 2.24) is 20.0 Å². The summed E-state index contributed by atoms with van der Waals surface area (Å²) in [6.45, 7) is 2.69. The Morgan fingerprint density at radius 3 is 2.25 bits per heavy atom. The summed E-state index contributed by atoms with van der Waals surface area (Å²) in [5.41, 5.74) is 2.19.